The maximum Gasteiger partial charge on any atom is 0.119 e. The molecule has 86 valence electrons. The minimum absolute atomic E-state index is 0.176. The van der Waals surface area contributed by atoms with Crippen molar-refractivity contribution in [3.63, 3.8) is 0 Å². The third-order valence-corrected chi connectivity index (χ3v) is 2.92. The molecule has 0 saturated heterocycles. The van der Waals surface area contributed by atoms with Crippen molar-refractivity contribution in [3.8, 4) is 5.75 Å². The van der Waals surface area contributed by atoms with Crippen LogP contribution in [-0.4, -0.2) is 5.11 Å². The highest BCUT2D eigenvalue weighted by Gasteiger charge is 2.15. The molecule has 0 fully saturated rings. The summed E-state index contributed by atoms with van der Waals surface area (Å²) < 4.78 is 0. The van der Waals surface area contributed by atoms with E-state index in [0.29, 0.717) is 5.75 Å². The molecule has 2 rings (SSSR count). The molecular weight excluding hydrogens is 208 g/mol. The Hall–Kier alpha value is -2.02. The summed E-state index contributed by atoms with van der Waals surface area (Å²) >= 11 is 0. The van der Waals surface area contributed by atoms with Crippen LogP contribution in [0, 0.1) is 0 Å². The Bertz CT molecular complexity index is 488. The zero-order valence-corrected chi connectivity index (χ0v) is 9.71. The molecule has 0 aliphatic heterocycles. The summed E-state index contributed by atoms with van der Waals surface area (Å²) in [6.07, 6.45) is 2.71. The van der Waals surface area contributed by atoms with Gasteiger partial charge in [-0.2, -0.15) is 0 Å². The predicted octanol–water partition coefficient (Wildman–Crippen LogP) is 4.10. The summed E-state index contributed by atoms with van der Waals surface area (Å²) in [6.45, 7) is 3.80. The number of para-hydroxylation sites is 1. The second-order valence-electron chi connectivity index (χ2n) is 4.05. The van der Waals surface area contributed by atoms with Gasteiger partial charge in [0.05, 0.1) is 0 Å². The van der Waals surface area contributed by atoms with Crippen LogP contribution < -0.4 is 0 Å². The maximum atomic E-state index is 9.93. The Labute approximate surface area is 102 Å². The first-order chi connectivity index (χ1) is 8.33. The quantitative estimate of drug-likeness (QED) is 0.775. The summed E-state index contributed by atoms with van der Waals surface area (Å²) in [5.74, 6) is 0.526. The second kappa shape index (κ2) is 5.35. The van der Waals surface area contributed by atoms with E-state index in [1.54, 1.807) is 6.07 Å². The summed E-state index contributed by atoms with van der Waals surface area (Å²) in [5.41, 5.74) is 2.16. The fourth-order valence-electron chi connectivity index (χ4n) is 2.08. The van der Waals surface area contributed by atoms with E-state index in [-0.39, 0.29) is 5.92 Å². The van der Waals surface area contributed by atoms with Gasteiger partial charge in [-0.3, -0.25) is 0 Å². The molecule has 0 saturated carbocycles. The number of aromatic hydroxyl groups is 1. The van der Waals surface area contributed by atoms with Crippen LogP contribution in [0.1, 0.15) is 23.5 Å². The lowest BCUT2D eigenvalue weighted by molar-refractivity contribution is 0.465. The van der Waals surface area contributed by atoms with Gasteiger partial charge in [-0.05, 0) is 18.1 Å². The predicted molar refractivity (Wildman–Crippen MR) is 71.2 cm³/mol. The van der Waals surface area contributed by atoms with Crippen molar-refractivity contribution in [1.29, 1.82) is 0 Å². The minimum Gasteiger partial charge on any atom is -0.508 e. The molecular formula is C16H16O. The number of phenols is 1. The Morgan fingerprint density at radius 1 is 1.00 bits per heavy atom. The third-order valence-electron chi connectivity index (χ3n) is 2.92. The molecule has 1 nitrogen and oxygen atoms in total. The zero-order chi connectivity index (χ0) is 12.1. The van der Waals surface area contributed by atoms with Gasteiger partial charge in [0.25, 0.3) is 0 Å². The number of allylic oxidation sites excluding steroid dienone is 1. The van der Waals surface area contributed by atoms with E-state index >= 15 is 0 Å². The number of phenolic OH excluding ortho intramolecular Hbond substituents is 1. The topological polar surface area (TPSA) is 20.2 Å². The van der Waals surface area contributed by atoms with E-state index in [9.17, 15) is 5.11 Å². The fourth-order valence-corrected chi connectivity index (χ4v) is 2.08. The van der Waals surface area contributed by atoms with Gasteiger partial charge in [0, 0.05) is 11.5 Å². The summed E-state index contributed by atoms with van der Waals surface area (Å²) in [4.78, 5) is 0. The van der Waals surface area contributed by atoms with Gasteiger partial charge in [0.2, 0.25) is 0 Å². The number of benzene rings is 2. The van der Waals surface area contributed by atoms with Crippen LogP contribution in [0.2, 0.25) is 0 Å². The van der Waals surface area contributed by atoms with Gasteiger partial charge >= 0.3 is 0 Å². The molecule has 0 amide bonds. The molecule has 1 N–H and O–H groups in total. The van der Waals surface area contributed by atoms with Gasteiger partial charge in [0.1, 0.15) is 5.75 Å². The highest BCUT2D eigenvalue weighted by Crippen LogP contribution is 2.33. The van der Waals surface area contributed by atoms with Gasteiger partial charge in [-0.15, -0.1) is 6.58 Å². The normalized spacial score (nSPS) is 12.0. The molecule has 1 heteroatoms. The minimum atomic E-state index is 0.176. The van der Waals surface area contributed by atoms with Crippen molar-refractivity contribution >= 4 is 0 Å². The average Bonchev–Trinajstić information content (AvgIpc) is 2.38. The van der Waals surface area contributed by atoms with Crippen LogP contribution in [0.4, 0.5) is 0 Å². The lowest BCUT2D eigenvalue weighted by atomic mass is 9.88. The van der Waals surface area contributed by atoms with Crippen molar-refractivity contribution < 1.29 is 5.11 Å². The van der Waals surface area contributed by atoms with Gasteiger partial charge in [0.15, 0.2) is 0 Å². The molecule has 0 aliphatic carbocycles. The Morgan fingerprint density at radius 2 is 1.65 bits per heavy atom. The lowest BCUT2D eigenvalue weighted by Gasteiger charge is -2.17. The Kier molecular flexibility index (Phi) is 3.61. The molecule has 1 atom stereocenters. The third kappa shape index (κ3) is 2.56. The SMILES string of the molecule is C=CCC(c1ccccc1)c1ccccc1O. The standard InChI is InChI=1S/C16H16O/c1-2-8-14(13-9-4-3-5-10-13)15-11-6-7-12-16(15)17/h2-7,9-12,14,17H,1,8H2. The van der Waals surface area contributed by atoms with E-state index < -0.39 is 0 Å². The van der Waals surface area contributed by atoms with Crippen molar-refractivity contribution in [2.24, 2.45) is 0 Å². The first kappa shape index (κ1) is 11.5. The van der Waals surface area contributed by atoms with Crippen LogP contribution in [0.15, 0.2) is 67.3 Å². The molecule has 2 aromatic carbocycles. The average molecular weight is 224 g/mol. The highest BCUT2D eigenvalue weighted by molar-refractivity contribution is 5.41. The lowest BCUT2D eigenvalue weighted by Crippen LogP contribution is -2.00. The summed E-state index contributed by atoms with van der Waals surface area (Å²) in [7, 11) is 0. The number of hydrogen-bond donors (Lipinski definition) is 1. The largest absolute Gasteiger partial charge is 0.508 e. The zero-order valence-electron chi connectivity index (χ0n) is 9.71. The van der Waals surface area contributed by atoms with E-state index in [0.717, 1.165) is 12.0 Å². The van der Waals surface area contributed by atoms with Crippen molar-refractivity contribution in [3.05, 3.63) is 78.4 Å². The number of rotatable bonds is 4. The van der Waals surface area contributed by atoms with E-state index in [2.05, 4.69) is 18.7 Å². The second-order valence-corrected chi connectivity index (χ2v) is 4.05. The molecule has 17 heavy (non-hydrogen) atoms. The van der Waals surface area contributed by atoms with Gasteiger partial charge < -0.3 is 5.11 Å². The van der Waals surface area contributed by atoms with E-state index in [1.807, 2.05) is 42.5 Å². The molecule has 0 radical (unpaired) electrons. The molecule has 2 aromatic rings. The highest BCUT2D eigenvalue weighted by atomic mass is 16.3. The van der Waals surface area contributed by atoms with Crippen molar-refractivity contribution in [2.45, 2.75) is 12.3 Å². The van der Waals surface area contributed by atoms with Crippen LogP contribution in [0.3, 0.4) is 0 Å². The first-order valence-electron chi connectivity index (χ1n) is 5.76. The Balaban J connectivity index is 2.43. The molecule has 0 spiro atoms. The van der Waals surface area contributed by atoms with Crippen LogP contribution in [0.5, 0.6) is 5.75 Å². The van der Waals surface area contributed by atoms with Crippen molar-refractivity contribution in [1.82, 2.24) is 0 Å². The number of hydrogen-bond acceptors (Lipinski definition) is 1. The maximum absolute atomic E-state index is 9.93. The molecule has 1 unspecified atom stereocenters. The first-order valence-corrected chi connectivity index (χ1v) is 5.76. The molecule has 0 aliphatic rings. The fraction of sp³-hybridized carbons (Fsp3) is 0.125. The molecule has 0 heterocycles. The summed E-state index contributed by atoms with van der Waals surface area (Å²) in [6, 6.07) is 17.7. The molecule has 0 bridgehead atoms. The molecule has 0 aromatic heterocycles. The van der Waals surface area contributed by atoms with Gasteiger partial charge in [-0.1, -0.05) is 54.6 Å². The van der Waals surface area contributed by atoms with Crippen LogP contribution in [-0.2, 0) is 0 Å². The van der Waals surface area contributed by atoms with E-state index in [1.165, 1.54) is 5.56 Å². The smallest absolute Gasteiger partial charge is 0.119 e. The van der Waals surface area contributed by atoms with Crippen molar-refractivity contribution in [2.75, 3.05) is 0 Å². The Morgan fingerprint density at radius 3 is 2.29 bits per heavy atom. The van der Waals surface area contributed by atoms with E-state index in [4.69, 9.17) is 0 Å². The van der Waals surface area contributed by atoms with Crippen LogP contribution >= 0.6 is 0 Å². The summed E-state index contributed by atoms with van der Waals surface area (Å²) in [5, 5.41) is 9.93. The van der Waals surface area contributed by atoms with Gasteiger partial charge in [-0.25, -0.2) is 0 Å². The van der Waals surface area contributed by atoms with Crippen LogP contribution in [0.25, 0.3) is 0 Å². The monoisotopic (exact) mass is 224 g/mol.